The van der Waals surface area contributed by atoms with Gasteiger partial charge in [0, 0.05) is 10.8 Å². The molecule has 2 rings (SSSR count). The minimum atomic E-state index is 0.540. The van der Waals surface area contributed by atoms with Crippen LogP contribution in [0.1, 0.15) is 26.7 Å². The lowest BCUT2D eigenvalue weighted by Crippen LogP contribution is -2.51. The van der Waals surface area contributed by atoms with E-state index in [-0.39, 0.29) is 0 Å². The third-order valence-electron chi connectivity index (χ3n) is 3.14. The Kier molecular flexibility index (Phi) is 1.92. The molecule has 1 N–H and O–H groups in total. The molecular formula is C9H17NS. The van der Waals surface area contributed by atoms with E-state index in [1.54, 1.807) is 0 Å². The smallest absolute Gasteiger partial charge is 0.0147 e. The Hall–Kier alpha value is 0.310. The van der Waals surface area contributed by atoms with Crippen LogP contribution in [0.15, 0.2) is 0 Å². The van der Waals surface area contributed by atoms with Crippen molar-refractivity contribution >= 4 is 11.8 Å². The monoisotopic (exact) mass is 171 g/mol. The van der Waals surface area contributed by atoms with E-state index >= 15 is 0 Å². The SMILES string of the molecule is CC1(C)SCCC1C1CCN1. The molecule has 2 fully saturated rings. The van der Waals surface area contributed by atoms with Crippen molar-refractivity contribution in [2.75, 3.05) is 12.3 Å². The second kappa shape index (κ2) is 2.67. The first-order chi connectivity index (χ1) is 5.20. The van der Waals surface area contributed by atoms with Gasteiger partial charge < -0.3 is 5.32 Å². The highest BCUT2D eigenvalue weighted by Crippen LogP contribution is 2.45. The van der Waals surface area contributed by atoms with E-state index in [0.717, 1.165) is 12.0 Å². The third-order valence-corrected chi connectivity index (χ3v) is 4.63. The van der Waals surface area contributed by atoms with E-state index in [0.29, 0.717) is 4.75 Å². The van der Waals surface area contributed by atoms with Crippen LogP contribution in [0.25, 0.3) is 0 Å². The van der Waals surface area contributed by atoms with E-state index in [2.05, 4.69) is 30.9 Å². The Morgan fingerprint density at radius 1 is 1.36 bits per heavy atom. The summed E-state index contributed by atoms with van der Waals surface area (Å²) in [5.74, 6) is 2.30. The third kappa shape index (κ3) is 1.31. The lowest BCUT2D eigenvalue weighted by atomic mass is 9.81. The Morgan fingerprint density at radius 3 is 2.45 bits per heavy atom. The van der Waals surface area contributed by atoms with Gasteiger partial charge in [-0.2, -0.15) is 11.8 Å². The van der Waals surface area contributed by atoms with Gasteiger partial charge in [0.2, 0.25) is 0 Å². The summed E-state index contributed by atoms with van der Waals surface area (Å²) in [5.41, 5.74) is 0. The van der Waals surface area contributed by atoms with Crippen molar-refractivity contribution in [1.82, 2.24) is 5.32 Å². The normalized spacial score (nSPS) is 42.0. The maximum atomic E-state index is 3.53. The molecule has 2 aliphatic heterocycles. The lowest BCUT2D eigenvalue weighted by Gasteiger charge is -2.39. The summed E-state index contributed by atoms with van der Waals surface area (Å²) < 4.78 is 0.540. The van der Waals surface area contributed by atoms with E-state index in [1.807, 2.05) is 0 Å². The van der Waals surface area contributed by atoms with Gasteiger partial charge in [-0.1, -0.05) is 13.8 Å². The van der Waals surface area contributed by atoms with Crippen LogP contribution in [0.3, 0.4) is 0 Å². The van der Waals surface area contributed by atoms with E-state index in [9.17, 15) is 0 Å². The molecule has 2 atom stereocenters. The van der Waals surface area contributed by atoms with Crippen LogP contribution in [-0.4, -0.2) is 23.1 Å². The maximum absolute atomic E-state index is 3.53. The van der Waals surface area contributed by atoms with Crippen molar-refractivity contribution in [2.24, 2.45) is 5.92 Å². The quantitative estimate of drug-likeness (QED) is 0.646. The average Bonchev–Trinajstić information content (AvgIpc) is 2.07. The van der Waals surface area contributed by atoms with Crippen LogP contribution in [0.2, 0.25) is 0 Å². The first-order valence-electron chi connectivity index (χ1n) is 4.57. The van der Waals surface area contributed by atoms with E-state index < -0.39 is 0 Å². The molecule has 0 aromatic rings. The maximum Gasteiger partial charge on any atom is 0.0147 e. The fourth-order valence-electron chi connectivity index (χ4n) is 2.24. The summed E-state index contributed by atoms with van der Waals surface area (Å²) in [6, 6.07) is 0.847. The molecule has 0 aromatic heterocycles. The second-order valence-electron chi connectivity index (χ2n) is 4.20. The summed E-state index contributed by atoms with van der Waals surface area (Å²) in [6.45, 7) is 6.05. The van der Waals surface area contributed by atoms with Crippen molar-refractivity contribution < 1.29 is 0 Å². The molecular weight excluding hydrogens is 154 g/mol. The Morgan fingerprint density at radius 2 is 2.09 bits per heavy atom. The van der Waals surface area contributed by atoms with Crippen molar-refractivity contribution in [3.63, 3.8) is 0 Å². The number of rotatable bonds is 1. The highest BCUT2D eigenvalue weighted by Gasteiger charge is 2.41. The molecule has 0 radical (unpaired) electrons. The summed E-state index contributed by atoms with van der Waals surface area (Å²) in [6.07, 6.45) is 2.84. The predicted molar refractivity (Wildman–Crippen MR) is 51.1 cm³/mol. The van der Waals surface area contributed by atoms with Crippen molar-refractivity contribution in [3.05, 3.63) is 0 Å². The molecule has 2 saturated heterocycles. The molecule has 0 spiro atoms. The van der Waals surface area contributed by atoms with Gasteiger partial charge in [-0.25, -0.2) is 0 Å². The van der Waals surface area contributed by atoms with Gasteiger partial charge in [-0.15, -0.1) is 0 Å². The van der Waals surface area contributed by atoms with Crippen molar-refractivity contribution in [2.45, 2.75) is 37.5 Å². The zero-order valence-electron chi connectivity index (χ0n) is 7.39. The highest BCUT2D eigenvalue weighted by molar-refractivity contribution is 8.00. The molecule has 2 unspecified atom stereocenters. The van der Waals surface area contributed by atoms with Gasteiger partial charge >= 0.3 is 0 Å². The molecule has 11 heavy (non-hydrogen) atoms. The zero-order valence-corrected chi connectivity index (χ0v) is 8.21. The first kappa shape index (κ1) is 7.93. The Labute approximate surface area is 73.3 Å². The number of thioether (sulfide) groups is 1. The van der Waals surface area contributed by atoms with Crippen molar-refractivity contribution in [1.29, 1.82) is 0 Å². The molecule has 0 bridgehead atoms. The lowest BCUT2D eigenvalue weighted by molar-refractivity contribution is 0.229. The van der Waals surface area contributed by atoms with Gasteiger partial charge in [0.1, 0.15) is 0 Å². The summed E-state index contributed by atoms with van der Waals surface area (Å²) >= 11 is 2.15. The highest BCUT2D eigenvalue weighted by atomic mass is 32.2. The predicted octanol–water partition coefficient (Wildman–Crippen LogP) is 1.88. The van der Waals surface area contributed by atoms with Crippen molar-refractivity contribution in [3.8, 4) is 0 Å². The van der Waals surface area contributed by atoms with Crippen LogP contribution in [0.5, 0.6) is 0 Å². The fraction of sp³-hybridized carbons (Fsp3) is 1.00. The topological polar surface area (TPSA) is 12.0 Å². The number of hydrogen-bond acceptors (Lipinski definition) is 2. The Bertz CT molecular complexity index is 152. The van der Waals surface area contributed by atoms with Gasteiger partial charge in [-0.3, -0.25) is 0 Å². The van der Waals surface area contributed by atoms with Gasteiger partial charge in [-0.05, 0) is 31.1 Å². The molecule has 1 nitrogen and oxygen atoms in total. The molecule has 64 valence electrons. The zero-order chi connectivity index (χ0) is 7.90. The van der Waals surface area contributed by atoms with Crippen LogP contribution >= 0.6 is 11.8 Å². The van der Waals surface area contributed by atoms with Crippen LogP contribution in [0, 0.1) is 5.92 Å². The van der Waals surface area contributed by atoms with Gasteiger partial charge in [0.15, 0.2) is 0 Å². The molecule has 2 heterocycles. The minimum Gasteiger partial charge on any atom is -0.314 e. The molecule has 0 saturated carbocycles. The summed E-state index contributed by atoms with van der Waals surface area (Å²) in [5, 5.41) is 3.53. The van der Waals surface area contributed by atoms with Gasteiger partial charge in [0.25, 0.3) is 0 Å². The molecule has 2 aliphatic rings. The number of nitrogens with one attached hydrogen (secondary N) is 1. The minimum absolute atomic E-state index is 0.540. The summed E-state index contributed by atoms with van der Waals surface area (Å²) in [4.78, 5) is 0. The number of hydrogen-bond donors (Lipinski definition) is 1. The van der Waals surface area contributed by atoms with E-state index in [4.69, 9.17) is 0 Å². The summed E-state index contributed by atoms with van der Waals surface area (Å²) in [7, 11) is 0. The standard InChI is InChI=1S/C9H17NS/c1-9(2)7(4-6-11-9)8-3-5-10-8/h7-8,10H,3-6H2,1-2H3. The fourth-order valence-corrected chi connectivity index (χ4v) is 3.64. The Balaban J connectivity index is 2.00. The average molecular weight is 171 g/mol. The first-order valence-corrected chi connectivity index (χ1v) is 5.56. The molecule has 0 aromatic carbocycles. The van der Waals surface area contributed by atoms with Crippen LogP contribution < -0.4 is 5.32 Å². The van der Waals surface area contributed by atoms with Crippen LogP contribution in [-0.2, 0) is 0 Å². The van der Waals surface area contributed by atoms with Gasteiger partial charge in [0.05, 0.1) is 0 Å². The second-order valence-corrected chi connectivity index (χ2v) is 5.95. The molecule has 0 amide bonds. The molecule has 0 aliphatic carbocycles. The largest absolute Gasteiger partial charge is 0.314 e. The molecule has 2 heteroatoms. The van der Waals surface area contributed by atoms with E-state index in [1.165, 1.54) is 25.1 Å². The van der Waals surface area contributed by atoms with Crippen LogP contribution in [0.4, 0.5) is 0 Å².